The highest BCUT2D eigenvalue weighted by molar-refractivity contribution is 5.97. The van der Waals surface area contributed by atoms with Crippen molar-refractivity contribution in [1.29, 1.82) is 0 Å². The minimum atomic E-state index is -0.499. The first-order chi connectivity index (χ1) is 9.10. The summed E-state index contributed by atoms with van der Waals surface area (Å²) in [6.07, 6.45) is 0.994. The fourth-order valence-electron chi connectivity index (χ4n) is 1.66. The number of rotatable bonds is 7. The molecule has 0 heterocycles. The van der Waals surface area contributed by atoms with Crippen LogP contribution in [0.4, 0.5) is 4.39 Å². The molecule has 0 spiro atoms. The van der Waals surface area contributed by atoms with Crippen LogP contribution < -0.4 is 11.1 Å². The number of benzene rings is 1. The monoisotopic (exact) mass is 269 g/mol. The lowest BCUT2D eigenvalue weighted by Crippen LogP contribution is -2.21. The molecule has 1 aromatic carbocycles. The molecule has 0 aliphatic heterocycles. The summed E-state index contributed by atoms with van der Waals surface area (Å²) in [4.78, 5) is 0. The van der Waals surface area contributed by atoms with Crippen molar-refractivity contribution in [3.8, 4) is 0 Å². The smallest absolute Gasteiger partial charge is 0.173 e. The molecule has 0 amide bonds. The first-order valence-electron chi connectivity index (χ1n) is 6.24. The Bertz CT molecular complexity index is 438. The van der Waals surface area contributed by atoms with Gasteiger partial charge in [-0.25, -0.2) is 4.39 Å². The molecule has 5 N–H and O–H groups in total. The van der Waals surface area contributed by atoms with Crippen LogP contribution in [0.2, 0.25) is 0 Å². The number of halogens is 1. The van der Waals surface area contributed by atoms with Crippen LogP contribution in [-0.2, 0) is 6.54 Å². The van der Waals surface area contributed by atoms with Gasteiger partial charge in [0.1, 0.15) is 5.82 Å². The van der Waals surface area contributed by atoms with E-state index in [1.165, 1.54) is 6.07 Å². The maximum absolute atomic E-state index is 14.0. The van der Waals surface area contributed by atoms with Crippen molar-refractivity contribution in [1.82, 2.24) is 5.32 Å². The van der Waals surface area contributed by atoms with E-state index in [9.17, 15) is 9.50 Å². The van der Waals surface area contributed by atoms with Crippen LogP contribution in [0.5, 0.6) is 0 Å². The molecule has 0 saturated carbocycles. The van der Waals surface area contributed by atoms with Crippen molar-refractivity contribution in [2.24, 2.45) is 10.9 Å². The van der Waals surface area contributed by atoms with E-state index in [0.29, 0.717) is 31.5 Å². The molecule has 1 rings (SSSR count). The van der Waals surface area contributed by atoms with E-state index in [0.717, 1.165) is 0 Å². The van der Waals surface area contributed by atoms with Gasteiger partial charge < -0.3 is 21.4 Å². The van der Waals surface area contributed by atoms with Crippen LogP contribution in [0, 0.1) is 5.82 Å². The Morgan fingerprint density at radius 3 is 2.89 bits per heavy atom. The molecule has 1 aromatic rings. The molecule has 5 nitrogen and oxygen atoms in total. The molecule has 106 valence electrons. The highest BCUT2D eigenvalue weighted by Gasteiger charge is 2.11. The molecule has 1 unspecified atom stereocenters. The third-order valence-electron chi connectivity index (χ3n) is 2.90. The van der Waals surface area contributed by atoms with Gasteiger partial charge in [-0.05, 0) is 25.5 Å². The maximum atomic E-state index is 14.0. The first-order valence-corrected chi connectivity index (χ1v) is 6.24. The van der Waals surface area contributed by atoms with Crippen molar-refractivity contribution in [2.45, 2.75) is 32.4 Å². The Labute approximate surface area is 111 Å². The summed E-state index contributed by atoms with van der Waals surface area (Å²) in [7, 11) is 0. The van der Waals surface area contributed by atoms with Gasteiger partial charge in [-0.1, -0.05) is 24.2 Å². The van der Waals surface area contributed by atoms with Crippen LogP contribution in [0.25, 0.3) is 0 Å². The van der Waals surface area contributed by atoms with Crippen LogP contribution in [0.3, 0.4) is 0 Å². The number of aliphatic hydroxyl groups excluding tert-OH is 1. The summed E-state index contributed by atoms with van der Waals surface area (Å²) >= 11 is 0. The summed E-state index contributed by atoms with van der Waals surface area (Å²) in [5, 5.41) is 23.8. The molecular formula is C13H20FN3O2. The molecule has 0 saturated heterocycles. The normalized spacial score (nSPS) is 13.5. The molecular weight excluding hydrogens is 249 g/mol. The van der Waals surface area contributed by atoms with Crippen LogP contribution in [-0.4, -0.2) is 28.8 Å². The zero-order chi connectivity index (χ0) is 14.3. The lowest BCUT2D eigenvalue weighted by Gasteiger charge is -2.10. The highest BCUT2D eigenvalue weighted by Crippen LogP contribution is 2.12. The summed E-state index contributed by atoms with van der Waals surface area (Å²) in [5.74, 6) is -0.748. The van der Waals surface area contributed by atoms with E-state index in [1.54, 1.807) is 12.1 Å². The molecule has 0 radical (unpaired) electrons. The number of nitrogens with zero attached hydrogens (tertiary/aromatic N) is 1. The molecule has 19 heavy (non-hydrogen) atoms. The van der Waals surface area contributed by atoms with E-state index in [4.69, 9.17) is 10.9 Å². The van der Waals surface area contributed by atoms with Gasteiger partial charge in [0.05, 0.1) is 11.7 Å². The van der Waals surface area contributed by atoms with E-state index in [2.05, 4.69) is 10.5 Å². The quantitative estimate of drug-likeness (QED) is 0.197. The molecule has 0 fully saturated rings. The summed E-state index contributed by atoms with van der Waals surface area (Å²) in [6.45, 7) is 2.84. The molecule has 0 aliphatic rings. The van der Waals surface area contributed by atoms with Crippen molar-refractivity contribution < 1.29 is 14.7 Å². The lowest BCUT2D eigenvalue weighted by molar-refractivity contribution is 0.159. The summed E-state index contributed by atoms with van der Waals surface area (Å²) in [5.41, 5.74) is 5.90. The zero-order valence-electron chi connectivity index (χ0n) is 10.9. The number of nitrogens with two attached hydrogens (primary N) is 1. The average Bonchev–Trinajstić information content (AvgIpc) is 2.43. The standard InChI is InChI=1S/C13H20FN3O2/c1-2-10(18)6-7-16-8-9-4-3-5-11(12(9)14)13(15)17-19/h3-5,10,16,18-19H,2,6-8H2,1H3,(H2,15,17). The van der Waals surface area contributed by atoms with Gasteiger partial charge in [0.2, 0.25) is 0 Å². The van der Waals surface area contributed by atoms with Gasteiger partial charge in [-0.15, -0.1) is 0 Å². The van der Waals surface area contributed by atoms with Crippen molar-refractivity contribution in [3.05, 3.63) is 35.1 Å². The third-order valence-corrected chi connectivity index (χ3v) is 2.90. The maximum Gasteiger partial charge on any atom is 0.173 e. The van der Waals surface area contributed by atoms with E-state index in [-0.39, 0.29) is 17.5 Å². The minimum absolute atomic E-state index is 0.0791. The Balaban J connectivity index is 2.60. The van der Waals surface area contributed by atoms with Gasteiger partial charge in [0.15, 0.2) is 5.84 Å². The van der Waals surface area contributed by atoms with Crippen LogP contribution in [0.1, 0.15) is 30.9 Å². The SMILES string of the molecule is CCC(O)CCNCc1cccc(/C(N)=N/O)c1F. The molecule has 0 bridgehead atoms. The minimum Gasteiger partial charge on any atom is -0.409 e. The number of hydrogen-bond acceptors (Lipinski definition) is 4. The van der Waals surface area contributed by atoms with Crippen LogP contribution in [0.15, 0.2) is 23.4 Å². The second-order valence-corrected chi connectivity index (χ2v) is 4.29. The topological polar surface area (TPSA) is 90.9 Å². The molecule has 0 aliphatic carbocycles. The lowest BCUT2D eigenvalue weighted by atomic mass is 10.1. The number of nitrogens with one attached hydrogen (secondary N) is 1. The number of oxime groups is 1. The fraction of sp³-hybridized carbons (Fsp3) is 0.462. The number of amidine groups is 1. The summed E-state index contributed by atoms with van der Waals surface area (Å²) < 4.78 is 14.0. The van der Waals surface area contributed by atoms with Crippen molar-refractivity contribution >= 4 is 5.84 Å². The zero-order valence-corrected chi connectivity index (χ0v) is 10.9. The second-order valence-electron chi connectivity index (χ2n) is 4.29. The first kappa shape index (κ1) is 15.4. The van der Waals surface area contributed by atoms with E-state index >= 15 is 0 Å². The van der Waals surface area contributed by atoms with Crippen molar-refractivity contribution in [2.75, 3.05) is 6.54 Å². The predicted octanol–water partition coefficient (Wildman–Crippen LogP) is 1.17. The van der Waals surface area contributed by atoms with Gasteiger partial charge in [-0.2, -0.15) is 0 Å². The number of aliphatic hydroxyl groups is 1. The number of hydrogen-bond donors (Lipinski definition) is 4. The fourth-order valence-corrected chi connectivity index (χ4v) is 1.66. The highest BCUT2D eigenvalue weighted by atomic mass is 19.1. The molecule has 0 aromatic heterocycles. The predicted molar refractivity (Wildman–Crippen MR) is 71.5 cm³/mol. The average molecular weight is 269 g/mol. The Hall–Kier alpha value is -1.66. The van der Waals surface area contributed by atoms with E-state index in [1.807, 2.05) is 6.92 Å². The summed E-state index contributed by atoms with van der Waals surface area (Å²) in [6, 6.07) is 4.73. The Kier molecular flexibility index (Phi) is 6.24. The Morgan fingerprint density at radius 1 is 1.53 bits per heavy atom. The third kappa shape index (κ3) is 4.50. The molecule has 1 atom stereocenters. The van der Waals surface area contributed by atoms with Gasteiger partial charge in [-0.3, -0.25) is 0 Å². The van der Waals surface area contributed by atoms with Crippen molar-refractivity contribution in [3.63, 3.8) is 0 Å². The molecule has 6 heteroatoms. The second kappa shape index (κ2) is 7.70. The van der Waals surface area contributed by atoms with E-state index < -0.39 is 5.82 Å². The largest absolute Gasteiger partial charge is 0.409 e. The van der Waals surface area contributed by atoms with Gasteiger partial charge in [0.25, 0.3) is 0 Å². The van der Waals surface area contributed by atoms with Crippen LogP contribution >= 0.6 is 0 Å². The van der Waals surface area contributed by atoms with Gasteiger partial charge >= 0.3 is 0 Å². The van der Waals surface area contributed by atoms with Gasteiger partial charge in [0, 0.05) is 12.1 Å². The Morgan fingerprint density at radius 2 is 2.26 bits per heavy atom.